The van der Waals surface area contributed by atoms with Crippen LogP contribution >= 0.6 is 11.6 Å². The Morgan fingerprint density at radius 2 is 1.70 bits per heavy atom. The minimum Gasteiger partial charge on any atom is -0.383 e. The van der Waals surface area contributed by atoms with Gasteiger partial charge in [-0.05, 0) is 60.4 Å². The number of aliphatic hydroxyl groups is 1. The number of rotatable bonds is 5. The lowest BCUT2D eigenvalue weighted by Crippen LogP contribution is -2.21. The second-order valence-electron chi connectivity index (χ2n) is 8.57. The predicted molar refractivity (Wildman–Crippen MR) is 134 cm³/mol. The summed E-state index contributed by atoms with van der Waals surface area (Å²) in [6.07, 6.45) is 7.08. The number of nitrogens with zero attached hydrogens (tertiary/aromatic N) is 2. The SMILES string of the molecule is CS(=O)c1cccc(-c2ccc(-n3cc(C4(O)CCCC4)nc3-c3ccccc3Cl)cc2)c1. The quantitative estimate of drug-likeness (QED) is 0.364. The van der Waals surface area contributed by atoms with Gasteiger partial charge >= 0.3 is 0 Å². The molecule has 1 N–H and O–H groups in total. The molecule has 1 unspecified atom stereocenters. The van der Waals surface area contributed by atoms with Gasteiger partial charge in [0.25, 0.3) is 0 Å². The van der Waals surface area contributed by atoms with E-state index in [-0.39, 0.29) is 0 Å². The van der Waals surface area contributed by atoms with Gasteiger partial charge < -0.3 is 5.11 Å². The lowest BCUT2D eigenvalue weighted by molar-refractivity contribution is 0.0404. The van der Waals surface area contributed by atoms with E-state index in [2.05, 4.69) is 0 Å². The summed E-state index contributed by atoms with van der Waals surface area (Å²) in [5, 5.41) is 11.8. The molecule has 0 spiro atoms. The first kappa shape index (κ1) is 22.1. The van der Waals surface area contributed by atoms with Crippen LogP contribution in [-0.4, -0.2) is 25.1 Å². The van der Waals surface area contributed by atoms with Gasteiger partial charge in [0, 0.05) is 39.4 Å². The second kappa shape index (κ2) is 8.90. The monoisotopic (exact) mass is 476 g/mol. The van der Waals surface area contributed by atoms with Gasteiger partial charge in [-0.3, -0.25) is 8.78 Å². The number of benzene rings is 3. The highest BCUT2D eigenvalue weighted by Crippen LogP contribution is 2.40. The average Bonchev–Trinajstić information content (AvgIpc) is 3.47. The van der Waals surface area contributed by atoms with E-state index in [0.717, 1.165) is 53.0 Å². The summed E-state index contributed by atoms with van der Waals surface area (Å²) in [6, 6.07) is 23.6. The molecule has 6 heteroatoms. The summed E-state index contributed by atoms with van der Waals surface area (Å²) in [4.78, 5) is 5.68. The Bertz CT molecular complexity index is 1320. The maximum Gasteiger partial charge on any atom is 0.146 e. The molecule has 4 nitrogen and oxygen atoms in total. The molecule has 168 valence electrons. The number of aromatic nitrogens is 2. The molecule has 1 aromatic heterocycles. The summed E-state index contributed by atoms with van der Waals surface area (Å²) >= 11 is 6.53. The van der Waals surface area contributed by atoms with Crippen LogP contribution in [0.2, 0.25) is 5.02 Å². The molecule has 3 aromatic carbocycles. The molecule has 4 aromatic rings. The van der Waals surface area contributed by atoms with Crippen molar-refractivity contribution in [1.29, 1.82) is 0 Å². The Morgan fingerprint density at radius 1 is 0.970 bits per heavy atom. The molecule has 1 saturated carbocycles. The summed E-state index contributed by atoms with van der Waals surface area (Å²) in [5.41, 5.74) is 3.63. The van der Waals surface area contributed by atoms with Crippen LogP contribution in [0, 0.1) is 0 Å². The fourth-order valence-electron chi connectivity index (χ4n) is 4.52. The highest BCUT2D eigenvalue weighted by molar-refractivity contribution is 7.84. The third-order valence-corrected chi connectivity index (χ3v) is 7.62. The van der Waals surface area contributed by atoms with Crippen LogP contribution in [0.1, 0.15) is 31.4 Å². The van der Waals surface area contributed by atoms with Gasteiger partial charge in [0.1, 0.15) is 11.4 Å². The molecule has 0 radical (unpaired) electrons. The van der Waals surface area contributed by atoms with Gasteiger partial charge in [0.2, 0.25) is 0 Å². The van der Waals surface area contributed by atoms with Crippen molar-refractivity contribution in [2.45, 2.75) is 36.2 Å². The highest BCUT2D eigenvalue weighted by atomic mass is 35.5. The standard InChI is InChI=1S/C27H25ClN2O2S/c1-33(32)22-8-6-7-20(17-22)19-11-13-21(14-12-19)30-18-25(27(31)15-4-5-16-27)29-26(30)23-9-2-3-10-24(23)28/h2-3,6-14,17-18,31H,4-5,15-16H2,1H3. The molecule has 0 bridgehead atoms. The lowest BCUT2D eigenvalue weighted by Gasteiger charge is -2.18. The van der Waals surface area contributed by atoms with Crippen molar-refractivity contribution in [2.75, 3.05) is 6.26 Å². The molecule has 1 fully saturated rings. The minimum absolute atomic E-state index is 0.621. The maximum absolute atomic E-state index is 11.9. The van der Waals surface area contributed by atoms with E-state index in [1.807, 2.05) is 83.6 Å². The van der Waals surface area contributed by atoms with Gasteiger partial charge in [-0.2, -0.15) is 0 Å². The molecule has 0 amide bonds. The number of hydrogen-bond donors (Lipinski definition) is 1. The third kappa shape index (κ3) is 4.29. The van der Waals surface area contributed by atoms with Gasteiger partial charge in [0.15, 0.2) is 0 Å². The van der Waals surface area contributed by atoms with Crippen LogP contribution < -0.4 is 0 Å². The van der Waals surface area contributed by atoms with Gasteiger partial charge in [-0.1, -0.05) is 60.8 Å². The normalized spacial score (nSPS) is 16.1. The van der Waals surface area contributed by atoms with E-state index in [1.165, 1.54) is 0 Å². The third-order valence-electron chi connectivity index (χ3n) is 6.37. The first-order valence-corrected chi connectivity index (χ1v) is 13.0. The van der Waals surface area contributed by atoms with Gasteiger partial charge in [0.05, 0.1) is 10.7 Å². The smallest absolute Gasteiger partial charge is 0.146 e. The zero-order chi connectivity index (χ0) is 23.0. The average molecular weight is 477 g/mol. The zero-order valence-corrected chi connectivity index (χ0v) is 19.9. The second-order valence-corrected chi connectivity index (χ2v) is 10.4. The Kier molecular flexibility index (Phi) is 5.95. The van der Waals surface area contributed by atoms with E-state index in [4.69, 9.17) is 16.6 Å². The van der Waals surface area contributed by atoms with E-state index in [0.29, 0.717) is 16.5 Å². The number of halogens is 1. The van der Waals surface area contributed by atoms with Crippen LogP contribution in [0.3, 0.4) is 0 Å². The molecular formula is C27H25ClN2O2S. The first-order chi connectivity index (χ1) is 15.9. The summed E-state index contributed by atoms with van der Waals surface area (Å²) < 4.78 is 13.9. The summed E-state index contributed by atoms with van der Waals surface area (Å²) in [6.45, 7) is 0. The minimum atomic E-state index is -1.02. The van der Waals surface area contributed by atoms with Gasteiger partial charge in [-0.15, -0.1) is 0 Å². The Morgan fingerprint density at radius 3 is 2.39 bits per heavy atom. The van der Waals surface area contributed by atoms with Crippen LogP contribution in [0.25, 0.3) is 28.2 Å². The van der Waals surface area contributed by atoms with Crippen LogP contribution in [0.4, 0.5) is 0 Å². The lowest BCUT2D eigenvalue weighted by atomic mass is 9.99. The van der Waals surface area contributed by atoms with Gasteiger partial charge in [-0.25, -0.2) is 4.98 Å². The number of imidazole rings is 1. The molecule has 1 atom stereocenters. The van der Waals surface area contributed by atoms with Crippen LogP contribution in [0.5, 0.6) is 0 Å². The topological polar surface area (TPSA) is 55.1 Å². The maximum atomic E-state index is 11.9. The van der Waals surface area contributed by atoms with E-state index < -0.39 is 16.4 Å². The van der Waals surface area contributed by atoms with Crippen molar-refractivity contribution in [3.63, 3.8) is 0 Å². The molecule has 1 aliphatic carbocycles. The molecule has 33 heavy (non-hydrogen) atoms. The van der Waals surface area contributed by atoms with Crippen LogP contribution in [0.15, 0.2) is 83.9 Å². The predicted octanol–water partition coefficient (Wildman–Crippen LogP) is 6.36. The van der Waals surface area contributed by atoms with Crippen molar-refractivity contribution in [3.8, 4) is 28.2 Å². The molecule has 0 aliphatic heterocycles. The molecule has 1 heterocycles. The van der Waals surface area contributed by atoms with E-state index >= 15 is 0 Å². The van der Waals surface area contributed by atoms with E-state index in [1.54, 1.807) is 6.26 Å². The molecule has 1 aliphatic rings. The van der Waals surface area contributed by atoms with Crippen molar-refractivity contribution >= 4 is 22.4 Å². The summed E-state index contributed by atoms with van der Waals surface area (Å²) in [5.74, 6) is 0.715. The highest BCUT2D eigenvalue weighted by Gasteiger charge is 2.36. The molecule has 5 rings (SSSR count). The van der Waals surface area contributed by atoms with Crippen molar-refractivity contribution in [3.05, 3.63) is 89.7 Å². The summed E-state index contributed by atoms with van der Waals surface area (Å²) in [7, 11) is -1.02. The largest absolute Gasteiger partial charge is 0.383 e. The van der Waals surface area contributed by atoms with Crippen LogP contribution in [-0.2, 0) is 16.4 Å². The molecule has 0 saturated heterocycles. The van der Waals surface area contributed by atoms with Crippen molar-refractivity contribution < 1.29 is 9.32 Å². The number of hydrogen-bond acceptors (Lipinski definition) is 3. The Hall–Kier alpha value is -2.73. The first-order valence-electron chi connectivity index (χ1n) is 11.1. The zero-order valence-electron chi connectivity index (χ0n) is 18.4. The molecular weight excluding hydrogens is 452 g/mol. The fraction of sp³-hybridized carbons (Fsp3) is 0.222. The van der Waals surface area contributed by atoms with Crippen molar-refractivity contribution in [2.24, 2.45) is 0 Å². The van der Waals surface area contributed by atoms with Crippen molar-refractivity contribution in [1.82, 2.24) is 9.55 Å². The Labute approximate surface area is 201 Å². The van der Waals surface area contributed by atoms with E-state index in [9.17, 15) is 9.32 Å². The Balaban J connectivity index is 1.58. The fourth-order valence-corrected chi connectivity index (χ4v) is 5.30.